The molecule has 1 aliphatic rings. The molecule has 1 aromatic heterocycles. The standard InChI is InChI=1S/C21H21F2N3O5S/c1-15-2-5-18(6-3-15)32(27,28)30-12-17-11-29-21(31-17,8-9-26-14-24-13-25-26)19-7-4-16(22)10-20(19)23/h2-7,10,13-14,17H,8-9,11-12H2,1H3/t17-,21+/m0/s1. The van der Waals surface area contributed by atoms with Crippen LogP contribution < -0.4 is 0 Å². The summed E-state index contributed by atoms with van der Waals surface area (Å²) in [6, 6.07) is 9.33. The zero-order chi connectivity index (χ0) is 22.8. The molecule has 0 radical (unpaired) electrons. The maximum absolute atomic E-state index is 14.6. The molecule has 1 aliphatic heterocycles. The molecule has 0 saturated carbocycles. The van der Waals surface area contributed by atoms with Crippen molar-refractivity contribution >= 4 is 10.1 Å². The Kier molecular flexibility index (Phi) is 6.33. The van der Waals surface area contributed by atoms with Crippen LogP contribution in [0.25, 0.3) is 0 Å². The van der Waals surface area contributed by atoms with Crippen LogP contribution in [-0.4, -0.2) is 42.5 Å². The van der Waals surface area contributed by atoms with Crippen LogP contribution in [0.1, 0.15) is 17.5 Å². The number of ether oxygens (including phenoxy) is 2. The number of aromatic nitrogens is 3. The first-order valence-electron chi connectivity index (χ1n) is 9.83. The van der Waals surface area contributed by atoms with Crippen LogP contribution in [0, 0.1) is 18.6 Å². The Morgan fingerprint density at radius 1 is 1.22 bits per heavy atom. The third-order valence-electron chi connectivity index (χ3n) is 5.06. The molecule has 2 heterocycles. The van der Waals surface area contributed by atoms with Gasteiger partial charge in [0.25, 0.3) is 10.1 Å². The molecule has 0 N–H and O–H groups in total. The fourth-order valence-corrected chi connectivity index (χ4v) is 4.34. The lowest BCUT2D eigenvalue weighted by atomic mass is 10.0. The molecule has 1 saturated heterocycles. The van der Waals surface area contributed by atoms with E-state index in [9.17, 15) is 17.2 Å². The van der Waals surface area contributed by atoms with E-state index in [0.29, 0.717) is 0 Å². The molecule has 3 aromatic rings. The Hall–Kier alpha value is -2.73. The molecular weight excluding hydrogens is 444 g/mol. The molecule has 8 nitrogen and oxygen atoms in total. The first-order chi connectivity index (χ1) is 15.3. The second-order valence-corrected chi connectivity index (χ2v) is 9.00. The van der Waals surface area contributed by atoms with Gasteiger partial charge in [-0.15, -0.1) is 0 Å². The lowest BCUT2D eigenvalue weighted by molar-refractivity contribution is -0.188. The van der Waals surface area contributed by atoms with Gasteiger partial charge in [-0.1, -0.05) is 17.7 Å². The Morgan fingerprint density at radius 2 is 2.00 bits per heavy atom. The van der Waals surface area contributed by atoms with E-state index in [0.717, 1.165) is 17.7 Å². The fraction of sp³-hybridized carbons (Fsp3) is 0.333. The van der Waals surface area contributed by atoms with Gasteiger partial charge in [-0.25, -0.2) is 13.8 Å². The predicted octanol–water partition coefficient (Wildman–Crippen LogP) is 2.93. The molecule has 0 aliphatic carbocycles. The molecule has 2 atom stereocenters. The minimum absolute atomic E-state index is 0.00269. The second-order valence-electron chi connectivity index (χ2n) is 7.39. The molecule has 11 heteroatoms. The summed E-state index contributed by atoms with van der Waals surface area (Å²) in [4.78, 5) is 3.88. The molecule has 2 aromatic carbocycles. The molecule has 170 valence electrons. The molecule has 0 bridgehead atoms. The number of halogens is 2. The highest BCUT2D eigenvalue weighted by Crippen LogP contribution is 2.39. The van der Waals surface area contributed by atoms with E-state index in [2.05, 4.69) is 10.1 Å². The highest BCUT2D eigenvalue weighted by molar-refractivity contribution is 7.86. The molecule has 32 heavy (non-hydrogen) atoms. The van der Waals surface area contributed by atoms with Gasteiger partial charge in [0.2, 0.25) is 0 Å². The fourth-order valence-electron chi connectivity index (χ4n) is 3.40. The van der Waals surface area contributed by atoms with E-state index < -0.39 is 33.6 Å². The highest BCUT2D eigenvalue weighted by Gasteiger charge is 2.45. The molecular formula is C21H21F2N3O5S. The number of rotatable bonds is 8. The molecule has 4 rings (SSSR count). The topological polar surface area (TPSA) is 92.5 Å². The minimum atomic E-state index is -4.01. The van der Waals surface area contributed by atoms with Crippen molar-refractivity contribution in [3.8, 4) is 0 Å². The van der Waals surface area contributed by atoms with E-state index in [1.54, 1.807) is 12.1 Å². The van der Waals surface area contributed by atoms with E-state index in [1.807, 2.05) is 6.92 Å². The van der Waals surface area contributed by atoms with Crippen molar-refractivity contribution in [3.05, 3.63) is 77.9 Å². The van der Waals surface area contributed by atoms with Crippen molar-refractivity contribution in [1.82, 2.24) is 14.8 Å². The second kappa shape index (κ2) is 9.02. The highest BCUT2D eigenvalue weighted by atomic mass is 32.2. The maximum Gasteiger partial charge on any atom is 0.297 e. The van der Waals surface area contributed by atoms with E-state index >= 15 is 0 Å². The van der Waals surface area contributed by atoms with Crippen LogP contribution in [0.2, 0.25) is 0 Å². The Morgan fingerprint density at radius 3 is 2.69 bits per heavy atom. The normalized spacial score (nSPS) is 21.2. The number of hydrogen-bond donors (Lipinski definition) is 0. The quantitative estimate of drug-likeness (QED) is 0.472. The average molecular weight is 465 g/mol. The summed E-state index contributed by atoms with van der Waals surface area (Å²) in [5.41, 5.74) is 0.915. The van der Waals surface area contributed by atoms with E-state index in [1.165, 1.54) is 35.5 Å². The van der Waals surface area contributed by atoms with Gasteiger partial charge in [-0.2, -0.15) is 13.5 Å². The maximum atomic E-state index is 14.6. The zero-order valence-electron chi connectivity index (χ0n) is 17.1. The summed E-state index contributed by atoms with van der Waals surface area (Å²) in [6.45, 7) is 1.74. The van der Waals surface area contributed by atoms with Crippen LogP contribution in [0.5, 0.6) is 0 Å². The monoisotopic (exact) mass is 465 g/mol. The molecule has 0 spiro atoms. The zero-order valence-corrected chi connectivity index (χ0v) is 18.0. The SMILES string of the molecule is Cc1ccc(S(=O)(=O)OC[C@@H]2CO[C@@](CCn3cncn3)(c3ccc(F)cc3F)O2)cc1. The van der Waals surface area contributed by atoms with Crippen molar-refractivity contribution in [3.63, 3.8) is 0 Å². The van der Waals surface area contributed by atoms with Crippen molar-refractivity contribution in [1.29, 1.82) is 0 Å². The summed E-state index contributed by atoms with van der Waals surface area (Å²) in [5.74, 6) is -3.14. The molecule has 1 fully saturated rings. The molecule has 0 unspecified atom stereocenters. The lowest BCUT2D eigenvalue weighted by Gasteiger charge is -2.29. The smallest absolute Gasteiger partial charge is 0.297 e. The van der Waals surface area contributed by atoms with Gasteiger partial charge in [-0.3, -0.25) is 8.86 Å². The van der Waals surface area contributed by atoms with Gasteiger partial charge in [0, 0.05) is 24.6 Å². The van der Waals surface area contributed by atoms with Gasteiger partial charge in [0.1, 0.15) is 30.4 Å². The number of nitrogens with zero attached hydrogens (tertiary/aromatic N) is 3. The summed E-state index contributed by atoms with van der Waals surface area (Å²) in [5, 5.41) is 4.00. The van der Waals surface area contributed by atoms with Gasteiger partial charge in [0.15, 0.2) is 5.79 Å². The van der Waals surface area contributed by atoms with Crippen LogP contribution in [0.15, 0.2) is 60.0 Å². The van der Waals surface area contributed by atoms with Crippen molar-refractivity contribution in [2.75, 3.05) is 13.2 Å². The van der Waals surface area contributed by atoms with Gasteiger partial charge in [0.05, 0.1) is 18.1 Å². The van der Waals surface area contributed by atoms with Gasteiger partial charge in [-0.05, 0) is 31.2 Å². The molecule has 0 amide bonds. The van der Waals surface area contributed by atoms with Crippen LogP contribution in [-0.2, 0) is 36.1 Å². The largest absolute Gasteiger partial charge is 0.343 e. The first-order valence-corrected chi connectivity index (χ1v) is 11.2. The van der Waals surface area contributed by atoms with Crippen molar-refractivity contribution in [2.24, 2.45) is 0 Å². The van der Waals surface area contributed by atoms with Crippen molar-refractivity contribution in [2.45, 2.75) is 36.7 Å². The van der Waals surface area contributed by atoms with Crippen LogP contribution in [0.3, 0.4) is 0 Å². The van der Waals surface area contributed by atoms with Gasteiger partial charge < -0.3 is 9.47 Å². The van der Waals surface area contributed by atoms with E-state index in [-0.39, 0.29) is 36.6 Å². The Labute approximate surface area is 183 Å². The predicted molar refractivity (Wildman–Crippen MR) is 108 cm³/mol. The minimum Gasteiger partial charge on any atom is -0.343 e. The average Bonchev–Trinajstić information content (AvgIpc) is 3.42. The van der Waals surface area contributed by atoms with Crippen LogP contribution >= 0.6 is 0 Å². The number of hydrogen-bond acceptors (Lipinski definition) is 7. The third kappa shape index (κ3) is 4.85. The Balaban J connectivity index is 1.50. The third-order valence-corrected chi connectivity index (χ3v) is 6.35. The summed E-state index contributed by atoms with van der Waals surface area (Å²) >= 11 is 0. The number of aryl methyl sites for hydroxylation is 2. The van der Waals surface area contributed by atoms with Gasteiger partial charge >= 0.3 is 0 Å². The Bertz CT molecular complexity index is 1170. The summed E-state index contributed by atoms with van der Waals surface area (Å²) in [7, 11) is -4.01. The van der Waals surface area contributed by atoms with Crippen molar-refractivity contribution < 1.29 is 30.9 Å². The van der Waals surface area contributed by atoms with Crippen LogP contribution in [0.4, 0.5) is 8.78 Å². The summed E-state index contributed by atoms with van der Waals surface area (Å²) in [6.07, 6.45) is 2.17. The summed E-state index contributed by atoms with van der Waals surface area (Å²) < 4.78 is 71.5. The van der Waals surface area contributed by atoms with E-state index in [4.69, 9.17) is 13.7 Å². The lowest BCUT2D eigenvalue weighted by Crippen LogP contribution is -2.32. The number of benzene rings is 2. The first kappa shape index (κ1) is 22.5.